The third-order valence-corrected chi connectivity index (χ3v) is 3.25. The number of anilines is 1. The average Bonchev–Trinajstić information content (AvgIpc) is 2.85. The molecule has 0 aliphatic rings. The van der Waals surface area contributed by atoms with E-state index in [1.807, 2.05) is 37.3 Å². The summed E-state index contributed by atoms with van der Waals surface area (Å²) < 4.78 is 5.86. The molecule has 1 N–H and O–H groups in total. The fourth-order valence-corrected chi connectivity index (χ4v) is 2.16. The van der Waals surface area contributed by atoms with E-state index in [2.05, 4.69) is 29.4 Å². The fraction of sp³-hybridized carbons (Fsp3) is 0.188. The molecular weight excluding hydrogens is 236 g/mol. The summed E-state index contributed by atoms with van der Waals surface area (Å²) in [5, 5.41) is 4.56. The number of rotatable bonds is 3. The highest BCUT2D eigenvalue weighted by Crippen LogP contribution is 2.26. The van der Waals surface area contributed by atoms with Crippen molar-refractivity contribution < 1.29 is 4.42 Å². The number of hydrogen-bond acceptors (Lipinski definition) is 3. The molecule has 0 bridgehead atoms. The van der Waals surface area contributed by atoms with Crippen molar-refractivity contribution in [2.24, 2.45) is 0 Å². The Morgan fingerprint density at radius 3 is 2.79 bits per heavy atom. The number of aromatic nitrogens is 1. The zero-order valence-corrected chi connectivity index (χ0v) is 11.1. The number of nitrogens with zero attached hydrogens (tertiary/aromatic N) is 1. The summed E-state index contributed by atoms with van der Waals surface area (Å²) in [5.41, 5.74) is 2.95. The molecule has 3 aromatic rings. The lowest BCUT2D eigenvalue weighted by molar-refractivity contribution is 0.526. The first kappa shape index (κ1) is 11.8. The highest BCUT2D eigenvalue weighted by molar-refractivity contribution is 5.77. The summed E-state index contributed by atoms with van der Waals surface area (Å²) in [7, 11) is 0. The second-order valence-electron chi connectivity index (χ2n) is 4.69. The lowest BCUT2D eigenvalue weighted by Gasteiger charge is -2.14. The van der Waals surface area contributed by atoms with Gasteiger partial charge in [0.05, 0.1) is 17.4 Å². The van der Waals surface area contributed by atoms with Crippen molar-refractivity contribution in [1.82, 2.24) is 4.98 Å². The third-order valence-electron chi connectivity index (χ3n) is 3.25. The molecule has 0 saturated carbocycles. The molecule has 96 valence electrons. The number of para-hydroxylation sites is 1. The maximum atomic E-state index is 5.86. The van der Waals surface area contributed by atoms with Crippen LogP contribution in [-0.4, -0.2) is 4.98 Å². The van der Waals surface area contributed by atoms with Crippen molar-refractivity contribution in [3.63, 3.8) is 0 Å². The smallest absolute Gasteiger partial charge is 0.134 e. The minimum absolute atomic E-state index is 0.107. The number of fused-ring (bicyclic) bond motifs is 1. The fourth-order valence-electron chi connectivity index (χ4n) is 2.16. The minimum Gasteiger partial charge on any atom is -0.459 e. The van der Waals surface area contributed by atoms with Gasteiger partial charge in [0.2, 0.25) is 0 Å². The second kappa shape index (κ2) is 4.76. The Balaban J connectivity index is 1.87. The minimum atomic E-state index is 0.107. The van der Waals surface area contributed by atoms with Crippen LogP contribution in [0, 0.1) is 6.92 Å². The summed E-state index contributed by atoms with van der Waals surface area (Å²) in [6.45, 7) is 4.08. The lowest BCUT2D eigenvalue weighted by atomic mass is 10.2. The van der Waals surface area contributed by atoms with Gasteiger partial charge in [0.1, 0.15) is 11.3 Å². The van der Waals surface area contributed by atoms with Crippen LogP contribution in [0.5, 0.6) is 0 Å². The summed E-state index contributed by atoms with van der Waals surface area (Å²) in [4.78, 5) is 4.28. The Labute approximate surface area is 112 Å². The second-order valence-corrected chi connectivity index (χ2v) is 4.69. The van der Waals surface area contributed by atoms with Crippen LogP contribution in [0.25, 0.3) is 11.0 Å². The molecule has 3 heteroatoms. The van der Waals surface area contributed by atoms with E-state index in [1.165, 1.54) is 0 Å². The first-order chi connectivity index (χ1) is 9.24. The van der Waals surface area contributed by atoms with Crippen LogP contribution >= 0.6 is 0 Å². The third kappa shape index (κ3) is 2.32. The zero-order chi connectivity index (χ0) is 13.2. The van der Waals surface area contributed by atoms with E-state index in [0.717, 1.165) is 28.1 Å². The molecule has 3 rings (SSSR count). The molecule has 2 aromatic heterocycles. The highest BCUT2D eigenvalue weighted by atomic mass is 16.3. The number of nitrogens with one attached hydrogen (secondary N) is 1. The first-order valence-electron chi connectivity index (χ1n) is 6.40. The van der Waals surface area contributed by atoms with Gasteiger partial charge in [-0.3, -0.25) is 4.98 Å². The van der Waals surface area contributed by atoms with E-state index in [4.69, 9.17) is 4.42 Å². The van der Waals surface area contributed by atoms with Crippen molar-refractivity contribution in [3.8, 4) is 0 Å². The van der Waals surface area contributed by atoms with E-state index in [0.29, 0.717) is 0 Å². The summed E-state index contributed by atoms with van der Waals surface area (Å²) in [5.74, 6) is 0.935. The van der Waals surface area contributed by atoms with Gasteiger partial charge in [-0.15, -0.1) is 0 Å². The molecular formula is C16H16N2O. The molecule has 1 atom stereocenters. The molecule has 3 nitrogen and oxygen atoms in total. The number of hydrogen-bond donors (Lipinski definition) is 1. The Hall–Kier alpha value is -2.29. The maximum absolute atomic E-state index is 5.86. The van der Waals surface area contributed by atoms with Crippen molar-refractivity contribution in [2.75, 3.05) is 5.32 Å². The van der Waals surface area contributed by atoms with Gasteiger partial charge in [-0.1, -0.05) is 18.2 Å². The Kier molecular flexibility index (Phi) is 2.95. The van der Waals surface area contributed by atoms with E-state index in [-0.39, 0.29) is 6.04 Å². The average molecular weight is 252 g/mol. The molecule has 0 fully saturated rings. The van der Waals surface area contributed by atoms with E-state index in [1.54, 1.807) is 6.20 Å². The van der Waals surface area contributed by atoms with Crippen molar-refractivity contribution >= 4 is 16.7 Å². The summed E-state index contributed by atoms with van der Waals surface area (Å²) in [6, 6.07) is 14.2. The summed E-state index contributed by atoms with van der Waals surface area (Å²) >= 11 is 0. The van der Waals surface area contributed by atoms with Gasteiger partial charge in [0.15, 0.2) is 0 Å². The van der Waals surface area contributed by atoms with Crippen LogP contribution in [0.4, 0.5) is 5.69 Å². The quantitative estimate of drug-likeness (QED) is 0.754. The molecule has 0 saturated heterocycles. The van der Waals surface area contributed by atoms with Crippen LogP contribution in [0.15, 0.2) is 53.1 Å². The Bertz CT molecular complexity index is 670. The van der Waals surface area contributed by atoms with Gasteiger partial charge >= 0.3 is 0 Å². The van der Waals surface area contributed by atoms with E-state index >= 15 is 0 Å². The van der Waals surface area contributed by atoms with Gasteiger partial charge in [0, 0.05) is 11.6 Å². The van der Waals surface area contributed by atoms with Crippen molar-refractivity contribution in [3.05, 3.63) is 60.1 Å². The van der Waals surface area contributed by atoms with Crippen LogP contribution in [-0.2, 0) is 0 Å². The van der Waals surface area contributed by atoms with E-state index in [9.17, 15) is 0 Å². The van der Waals surface area contributed by atoms with Crippen LogP contribution < -0.4 is 5.32 Å². The molecule has 0 aliphatic heterocycles. The van der Waals surface area contributed by atoms with E-state index < -0.39 is 0 Å². The Morgan fingerprint density at radius 1 is 1.16 bits per heavy atom. The maximum Gasteiger partial charge on any atom is 0.134 e. The van der Waals surface area contributed by atoms with Gasteiger partial charge in [-0.2, -0.15) is 0 Å². The number of aryl methyl sites for hydroxylation is 1. The molecule has 1 aromatic carbocycles. The predicted molar refractivity (Wildman–Crippen MR) is 77.2 cm³/mol. The standard InChI is InChI=1S/C16H16N2O/c1-11-14(7-5-9-17-11)18-12(2)16-10-13-6-3-4-8-15(13)19-16/h3-10,12,18H,1-2H3. The van der Waals surface area contributed by atoms with Gasteiger partial charge in [-0.05, 0) is 38.1 Å². The van der Waals surface area contributed by atoms with Crippen molar-refractivity contribution in [2.45, 2.75) is 19.9 Å². The largest absolute Gasteiger partial charge is 0.459 e. The highest BCUT2D eigenvalue weighted by Gasteiger charge is 2.12. The predicted octanol–water partition coefficient (Wildman–Crippen LogP) is 4.31. The molecule has 0 spiro atoms. The molecule has 2 heterocycles. The monoisotopic (exact) mass is 252 g/mol. The normalized spacial score (nSPS) is 12.5. The molecule has 0 radical (unpaired) electrons. The van der Waals surface area contributed by atoms with Crippen LogP contribution in [0.2, 0.25) is 0 Å². The molecule has 1 unspecified atom stereocenters. The zero-order valence-electron chi connectivity index (χ0n) is 11.1. The number of furan rings is 1. The van der Waals surface area contributed by atoms with Gasteiger partial charge in [0.25, 0.3) is 0 Å². The van der Waals surface area contributed by atoms with Gasteiger partial charge in [-0.25, -0.2) is 0 Å². The molecule has 0 aliphatic carbocycles. The SMILES string of the molecule is Cc1ncccc1NC(C)c1cc2ccccc2o1. The summed E-state index contributed by atoms with van der Waals surface area (Å²) in [6.07, 6.45) is 1.80. The molecule has 0 amide bonds. The first-order valence-corrected chi connectivity index (χ1v) is 6.40. The van der Waals surface area contributed by atoms with Crippen LogP contribution in [0.3, 0.4) is 0 Å². The Morgan fingerprint density at radius 2 is 2.00 bits per heavy atom. The van der Waals surface area contributed by atoms with Crippen LogP contribution in [0.1, 0.15) is 24.4 Å². The van der Waals surface area contributed by atoms with Gasteiger partial charge < -0.3 is 9.73 Å². The number of benzene rings is 1. The lowest BCUT2D eigenvalue weighted by Crippen LogP contribution is -2.07. The topological polar surface area (TPSA) is 38.1 Å². The molecule has 19 heavy (non-hydrogen) atoms. The van der Waals surface area contributed by atoms with Crippen molar-refractivity contribution in [1.29, 1.82) is 0 Å². The number of pyridine rings is 1.